The Morgan fingerprint density at radius 3 is 2.00 bits per heavy atom. The quantitative estimate of drug-likeness (QED) is 0.399. The summed E-state index contributed by atoms with van der Waals surface area (Å²) in [4.78, 5) is 24.0. The molecule has 0 heterocycles. The third-order valence-corrected chi connectivity index (χ3v) is 4.12. The van der Waals surface area contributed by atoms with E-state index in [1.807, 2.05) is 6.07 Å². The molecule has 0 bridgehead atoms. The maximum absolute atomic E-state index is 12.0. The summed E-state index contributed by atoms with van der Waals surface area (Å²) in [6.07, 6.45) is 14.3. The maximum Gasteiger partial charge on any atom is 0.329 e. The number of urea groups is 1. The molecule has 0 saturated heterocycles. The van der Waals surface area contributed by atoms with Gasteiger partial charge in [0.05, 0.1) is 5.69 Å². The molecule has 0 atom stereocenters. The van der Waals surface area contributed by atoms with Crippen LogP contribution in [0.25, 0.3) is 0 Å². The molecule has 1 radical (unpaired) electrons. The summed E-state index contributed by atoms with van der Waals surface area (Å²) in [5, 5.41) is 2.78. The summed E-state index contributed by atoms with van der Waals surface area (Å²) in [7, 11) is 0. The highest BCUT2D eigenvalue weighted by Crippen LogP contribution is 2.12. The summed E-state index contributed by atoms with van der Waals surface area (Å²) in [5.74, 6) is 0. The summed E-state index contributed by atoms with van der Waals surface area (Å²) >= 11 is 0. The average molecular weight is 331 g/mol. The van der Waals surface area contributed by atoms with E-state index in [1.165, 1.54) is 51.4 Å². The number of hydrogen-bond donors (Lipinski definition) is 1. The molecule has 1 aromatic carbocycles. The van der Waals surface area contributed by atoms with Crippen LogP contribution in [0.5, 0.6) is 0 Å². The molecule has 1 rings (SSSR count). The first-order valence-corrected chi connectivity index (χ1v) is 9.30. The Bertz CT molecular complexity index is 448. The number of nitrogens with one attached hydrogen (secondary N) is 1. The first kappa shape index (κ1) is 20.2. The molecule has 4 nitrogen and oxygen atoms in total. The van der Waals surface area contributed by atoms with Crippen molar-refractivity contribution >= 4 is 18.1 Å². The van der Waals surface area contributed by atoms with Gasteiger partial charge >= 0.3 is 12.4 Å². The van der Waals surface area contributed by atoms with Gasteiger partial charge in [-0.15, -0.1) is 0 Å². The lowest BCUT2D eigenvalue weighted by Gasteiger charge is -2.15. The van der Waals surface area contributed by atoms with Crippen LogP contribution < -0.4 is 10.2 Å². The highest BCUT2D eigenvalue weighted by molar-refractivity contribution is 6.06. The lowest BCUT2D eigenvalue weighted by atomic mass is 10.1. The zero-order valence-electron chi connectivity index (χ0n) is 14.9. The van der Waals surface area contributed by atoms with Crippen LogP contribution in [0.1, 0.15) is 71.1 Å². The van der Waals surface area contributed by atoms with Crippen molar-refractivity contribution in [2.45, 2.75) is 71.1 Å². The Labute approximate surface area is 146 Å². The van der Waals surface area contributed by atoms with E-state index in [-0.39, 0.29) is 0 Å². The molecule has 0 aliphatic heterocycles. The molecule has 1 N–H and O–H groups in total. The molecule has 133 valence electrons. The molecule has 0 fully saturated rings. The van der Waals surface area contributed by atoms with Crippen molar-refractivity contribution in [2.75, 3.05) is 11.4 Å². The van der Waals surface area contributed by atoms with Crippen LogP contribution in [-0.4, -0.2) is 19.0 Å². The minimum atomic E-state index is -0.410. The predicted octanol–water partition coefficient (Wildman–Crippen LogP) is 5.19. The normalized spacial score (nSPS) is 10.4. The molecule has 1 aromatic rings. The van der Waals surface area contributed by atoms with Crippen molar-refractivity contribution in [1.82, 2.24) is 5.32 Å². The van der Waals surface area contributed by atoms with Crippen molar-refractivity contribution in [3.8, 4) is 0 Å². The molecule has 0 unspecified atom stereocenters. The van der Waals surface area contributed by atoms with E-state index in [4.69, 9.17) is 0 Å². The van der Waals surface area contributed by atoms with Gasteiger partial charge in [0.1, 0.15) is 0 Å². The van der Waals surface area contributed by atoms with Crippen LogP contribution in [0.2, 0.25) is 0 Å². The van der Waals surface area contributed by atoms with Gasteiger partial charge in [0.25, 0.3) is 0 Å². The first-order chi connectivity index (χ1) is 11.8. The monoisotopic (exact) mass is 331 g/mol. The molecule has 0 saturated carbocycles. The van der Waals surface area contributed by atoms with Gasteiger partial charge in [-0.05, 0) is 18.6 Å². The largest absolute Gasteiger partial charge is 0.337 e. The Kier molecular flexibility index (Phi) is 11.4. The number of nitrogens with zero attached hydrogens (tertiary/aromatic N) is 1. The standard InChI is InChI=1S/C20H31N2O2/c1-2-3-4-5-6-7-8-9-10-14-17-21-20(24)22(18-23)19-15-12-11-13-16-19/h11-13,15-16H,2-10,14,17H2,1H3,(H,21,24). The smallest absolute Gasteiger partial charge is 0.329 e. The zero-order valence-corrected chi connectivity index (χ0v) is 14.9. The van der Waals surface area contributed by atoms with Crippen molar-refractivity contribution in [2.24, 2.45) is 0 Å². The van der Waals surface area contributed by atoms with Gasteiger partial charge in [-0.2, -0.15) is 0 Å². The maximum atomic E-state index is 12.0. The number of carbonyl (C=O) groups is 1. The van der Waals surface area contributed by atoms with Crippen LogP contribution in [0.3, 0.4) is 0 Å². The highest BCUT2D eigenvalue weighted by atomic mass is 16.2. The van der Waals surface area contributed by atoms with Gasteiger partial charge in [-0.25, -0.2) is 9.69 Å². The highest BCUT2D eigenvalue weighted by Gasteiger charge is 2.14. The van der Waals surface area contributed by atoms with E-state index >= 15 is 0 Å². The van der Waals surface area contributed by atoms with Gasteiger partial charge < -0.3 is 5.32 Å². The van der Waals surface area contributed by atoms with Gasteiger partial charge in [0.2, 0.25) is 0 Å². The van der Waals surface area contributed by atoms with Crippen LogP contribution in [0.4, 0.5) is 10.5 Å². The fourth-order valence-electron chi connectivity index (χ4n) is 2.68. The minimum Gasteiger partial charge on any atom is -0.337 e. The Morgan fingerprint density at radius 1 is 0.917 bits per heavy atom. The number of imide groups is 1. The fourth-order valence-corrected chi connectivity index (χ4v) is 2.68. The van der Waals surface area contributed by atoms with E-state index in [1.54, 1.807) is 30.7 Å². The topological polar surface area (TPSA) is 49.4 Å². The average Bonchev–Trinajstić information content (AvgIpc) is 2.61. The van der Waals surface area contributed by atoms with Gasteiger partial charge in [-0.1, -0.05) is 82.9 Å². The van der Waals surface area contributed by atoms with Crippen LogP contribution in [0.15, 0.2) is 30.3 Å². The third-order valence-electron chi connectivity index (χ3n) is 4.12. The number of carbonyl (C=O) groups excluding carboxylic acids is 2. The molecule has 4 heteroatoms. The number of anilines is 1. The van der Waals surface area contributed by atoms with E-state index in [2.05, 4.69) is 12.2 Å². The number of rotatable bonds is 13. The predicted molar refractivity (Wildman–Crippen MR) is 99.9 cm³/mol. The number of benzene rings is 1. The van der Waals surface area contributed by atoms with Gasteiger partial charge in [0.15, 0.2) is 0 Å². The van der Waals surface area contributed by atoms with E-state index in [0.717, 1.165) is 17.7 Å². The lowest BCUT2D eigenvalue weighted by Crippen LogP contribution is -2.39. The van der Waals surface area contributed by atoms with E-state index < -0.39 is 6.03 Å². The van der Waals surface area contributed by atoms with Gasteiger partial charge in [0, 0.05) is 6.54 Å². The second kappa shape index (κ2) is 13.6. The van der Waals surface area contributed by atoms with E-state index in [0.29, 0.717) is 12.2 Å². The Morgan fingerprint density at radius 2 is 1.46 bits per heavy atom. The molecule has 0 aliphatic carbocycles. The Balaban J connectivity index is 2.04. The minimum absolute atomic E-state index is 0.410. The summed E-state index contributed by atoms with van der Waals surface area (Å²) in [5.41, 5.74) is 0.535. The molecule has 0 spiro atoms. The number of amides is 3. The Hall–Kier alpha value is -1.84. The van der Waals surface area contributed by atoms with Crippen LogP contribution in [0, 0.1) is 0 Å². The molecule has 24 heavy (non-hydrogen) atoms. The number of hydrogen-bond acceptors (Lipinski definition) is 2. The fraction of sp³-hybridized carbons (Fsp3) is 0.600. The number of unbranched alkanes of at least 4 members (excludes halogenated alkanes) is 9. The van der Waals surface area contributed by atoms with Crippen LogP contribution in [-0.2, 0) is 4.79 Å². The first-order valence-electron chi connectivity index (χ1n) is 9.30. The van der Waals surface area contributed by atoms with Crippen molar-refractivity contribution in [1.29, 1.82) is 0 Å². The second-order valence-electron chi connectivity index (χ2n) is 6.18. The van der Waals surface area contributed by atoms with Crippen molar-refractivity contribution in [3.05, 3.63) is 30.3 Å². The van der Waals surface area contributed by atoms with Crippen molar-refractivity contribution in [3.63, 3.8) is 0 Å². The zero-order chi connectivity index (χ0) is 17.5. The second-order valence-corrected chi connectivity index (χ2v) is 6.18. The van der Waals surface area contributed by atoms with E-state index in [9.17, 15) is 9.59 Å². The molecule has 0 aromatic heterocycles. The SMILES string of the molecule is CCCCCCCCCCCCNC(=O)N([C]=O)c1ccccc1. The molecular weight excluding hydrogens is 300 g/mol. The molecule has 3 amide bonds. The third kappa shape index (κ3) is 8.70. The van der Waals surface area contributed by atoms with Crippen LogP contribution >= 0.6 is 0 Å². The summed E-state index contributed by atoms with van der Waals surface area (Å²) in [6, 6.07) is 8.43. The molecule has 0 aliphatic rings. The number of para-hydroxylation sites is 1. The summed E-state index contributed by atoms with van der Waals surface area (Å²) in [6.45, 7) is 2.84. The van der Waals surface area contributed by atoms with Gasteiger partial charge in [-0.3, -0.25) is 4.79 Å². The summed E-state index contributed by atoms with van der Waals surface area (Å²) < 4.78 is 0. The lowest BCUT2D eigenvalue weighted by molar-refractivity contribution is 0.248. The molecular formula is C20H31N2O2. The van der Waals surface area contributed by atoms with Crippen molar-refractivity contribution < 1.29 is 9.59 Å².